The van der Waals surface area contributed by atoms with Crippen LogP contribution in [0.5, 0.6) is 11.5 Å². The molecule has 0 aromatic heterocycles. The topological polar surface area (TPSA) is 105 Å². The van der Waals surface area contributed by atoms with Crippen LogP contribution < -0.4 is 9.47 Å². The first-order valence-corrected chi connectivity index (χ1v) is 5.86. The molecule has 7 heteroatoms. The molecule has 1 aromatic rings. The van der Waals surface area contributed by atoms with Crippen molar-refractivity contribution in [3.63, 3.8) is 0 Å². The van der Waals surface area contributed by atoms with Crippen LogP contribution in [-0.4, -0.2) is 24.3 Å². The third-order valence-corrected chi connectivity index (χ3v) is 2.72. The van der Waals surface area contributed by atoms with E-state index < -0.39 is 12.0 Å². The quantitative estimate of drug-likeness (QED) is 0.512. The summed E-state index contributed by atoms with van der Waals surface area (Å²) in [5, 5.41) is 12.3. The number of fused-ring (bicyclic) bond motifs is 1. The van der Waals surface area contributed by atoms with Crippen molar-refractivity contribution in [2.24, 2.45) is 5.11 Å². The molecule has 0 saturated carbocycles. The summed E-state index contributed by atoms with van der Waals surface area (Å²) in [6.45, 7) is 1.13. The highest BCUT2D eigenvalue weighted by molar-refractivity contribution is 5.68. The van der Waals surface area contributed by atoms with Gasteiger partial charge in [-0.1, -0.05) is 11.2 Å². The molecule has 2 rings (SSSR count). The molecule has 1 aliphatic heterocycles. The van der Waals surface area contributed by atoms with E-state index in [1.54, 1.807) is 18.2 Å². The molecule has 0 aliphatic carbocycles. The maximum atomic E-state index is 10.8. The van der Waals surface area contributed by atoms with Crippen LogP contribution in [0.15, 0.2) is 23.3 Å². The van der Waals surface area contributed by atoms with Crippen molar-refractivity contribution in [1.82, 2.24) is 0 Å². The number of hydrogen-bond donors (Lipinski definition) is 1. The summed E-state index contributed by atoms with van der Waals surface area (Å²) in [4.78, 5) is 13.4. The second kappa shape index (κ2) is 5.97. The summed E-state index contributed by atoms with van der Waals surface area (Å²) in [5.41, 5.74) is 9.11. The Labute approximate surface area is 109 Å². The van der Waals surface area contributed by atoms with Crippen molar-refractivity contribution in [2.45, 2.75) is 18.9 Å². The number of hydrogen-bond acceptors (Lipinski definition) is 4. The Morgan fingerprint density at radius 3 is 2.84 bits per heavy atom. The van der Waals surface area contributed by atoms with Gasteiger partial charge >= 0.3 is 5.97 Å². The molecule has 19 heavy (non-hydrogen) atoms. The summed E-state index contributed by atoms with van der Waals surface area (Å²) in [6, 6.07) is 4.32. The molecule has 1 unspecified atom stereocenters. The zero-order chi connectivity index (χ0) is 13.7. The Balaban J connectivity index is 2.30. The molecule has 1 N–H and O–H groups in total. The van der Waals surface area contributed by atoms with E-state index in [1.807, 2.05) is 0 Å². The zero-order valence-electron chi connectivity index (χ0n) is 10.2. The summed E-state index contributed by atoms with van der Waals surface area (Å²) in [7, 11) is 0. The van der Waals surface area contributed by atoms with Gasteiger partial charge in [-0.3, -0.25) is 4.79 Å². The van der Waals surface area contributed by atoms with E-state index in [1.165, 1.54) is 0 Å². The number of ether oxygens (including phenoxy) is 2. The summed E-state index contributed by atoms with van der Waals surface area (Å²) in [5.74, 6) is 0.152. The Bertz CT molecular complexity index is 526. The largest absolute Gasteiger partial charge is 0.490 e. The van der Waals surface area contributed by atoms with E-state index in [-0.39, 0.29) is 6.42 Å². The van der Waals surface area contributed by atoms with Crippen molar-refractivity contribution in [1.29, 1.82) is 0 Å². The van der Waals surface area contributed by atoms with Gasteiger partial charge in [-0.15, -0.1) is 0 Å². The first-order chi connectivity index (χ1) is 9.20. The lowest BCUT2D eigenvalue weighted by molar-refractivity contribution is -0.137. The fourth-order valence-corrected chi connectivity index (χ4v) is 1.84. The van der Waals surface area contributed by atoms with Crippen LogP contribution in [0.4, 0.5) is 0 Å². The van der Waals surface area contributed by atoms with Crippen molar-refractivity contribution in [3.05, 3.63) is 34.2 Å². The minimum absolute atomic E-state index is 0.260. The van der Waals surface area contributed by atoms with E-state index in [0.717, 1.165) is 6.42 Å². The summed E-state index contributed by atoms with van der Waals surface area (Å²) in [6.07, 6.45) is 0.530. The molecule has 0 amide bonds. The van der Waals surface area contributed by atoms with Crippen molar-refractivity contribution < 1.29 is 19.4 Å². The SMILES string of the molecule is [N-]=[N+]=NC(CC(=O)O)c1ccc2c(c1)OCCCO2. The van der Waals surface area contributed by atoms with Crippen LogP contribution in [0.1, 0.15) is 24.4 Å². The Kier molecular flexibility index (Phi) is 4.10. The van der Waals surface area contributed by atoms with Gasteiger partial charge in [0, 0.05) is 11.3 Å². The number of carboxylic acids is 1. The van der Waals surface area contributed by atoms with E-state index in [0.29, 0.717) is 30.3 Å². The molecule has 0 spiro atoms. The molecule has 0 saturated heterocycles. The van der Waals surface area contributed by atoms with E-state index in [2.05, 4.69) is 10.0 Å². The Morgan fingerprint density at radius 1 is 1.42 bits per heavy atom. The third kappa shape index (κ3) is 3.29. The van der Waals surface area contributed by atoms with Crippen LogP contribution in [0.25, 0.3) is 10.4 Å². The number of carbonyl (C=O) groups is 1. The van der Waals surface area contributed by atoms with Crippen LogP contribution in [0.2, 0.25) is 0 Å². The molecule has 100 valence electrons. The zero-order valence-corrected chi connectivity index (χ0v) is 10.2. The Hall–Kier alpha value is -2.40. The molecule has 0 bridgehead atoms. The average molecular weight is 263 g/mol. The van der Waals surface area contributed by atoms with Gasteiger partial charge in [-0.05, 0) is 23.2 Å². The summed E-state index contributed by atoms with van der Waals surface area (Å²) < 4.78 is 11.0. The monoisotopic (exact) mass is 263 g/mol. The highest BCUT2D eigenvalue weighted by atomic mass is 16.5. The maximum absolute atomic E-state index is 10.8. The van der Waals surface area contributed by atoms with Gasteiger partial charge in [0.1, 0.15) is 0 Å². The Morgan fingerprint density at radius 2 is 2.16 bits per heavy atom. The van der Waals surface area contributed by atoms with Gasteiger partial charge in [-0.25, -0.2) is 0 Å². The average Bonchev–Trinajstić information content (AvgIpc) is 2.62. The number of nitrogens with zero attached hydrogens (tertiary/aromatic N) is 3. The first kappa shape index (κ1) is 13.0. The van der Waals surface area contributed by atoms with Crippen LogP contribution >= 0.6 is 0 Å². The van der Waals surface area contributed by atoms with Crippen molar-refractivity contribution in [2.75, 3.05) is 13.2 Å². The molecule has 1 aromatic carbocycles. The second-order valence-electron chi connectivity index (χ2n) is 4.08. The van der Waals surface area contributed by atoms with E-state index in [4.69, 9.17) is 20.1 Å². The lowest BCUT2D eigenvalue weighted by Gasteiger charge is -2.12. The molecule has 1 aliphatic rings. The highest BCUT2D eigenvalue weighted by Gasteiger charge is 2.17. The maximum Gasteiger partial charge on any atom is 0.304 e. The standard InChI is InChI=1S/C12H13N3O4/c13-15-14-9(7-12(16)17)8-2-3-10-11(6-8)19-5-1-4-18-10/h2-3,6,9H,1,4-5,7H2,(H,16,17). The highest BCUT2D eigenvalue weighted by Crippen LogP contribution is 2.34. The number of rotatable bonds is 4. The lowest BCUT2D eigenvalue weighted by Crippen LogP contribution is -2.04. The van der Waals surface area contributed by atoms with E-state index in [9.17, 15) is 4.79 Å². The van der Waals surface area contributed by atoms with Crippen molar-refractivity contribution >= 4 is 5.97 Å². The fraction of sp³-hybridized carbons (Fsp3) is 0.417. The molecule has 1 atom stereocenters. The van der Waals surface area contributed by atoms with Gasteiger partial charge in [0.15, 0.2) is 11.5 Å². The second-order valence-corrected chi connectivity index (χ2v) is 4.08. The van der Waals surface area contributed by atoms with Gasteiger partial charge in [0.05, 0.1) is 25.7 Å². The van der Waals surface area contributed by atoms with Gasteiger partial charge in [0.25, 0.3) is 0 Å². The molecule has 7 nitrogen and oxygen atoms in total. The van der Waals surface area contributed by atoms with Crippen LogP contribution in [0.3, 0.4) is 0 Å². The molecular weight excluding hydrogens is 250 g/mol. The molecule has 0 fully saturated rings. The van der Waals surface area contributed by atoms with Crippen LogP contribution in [-0.2, 0) is 4.79 Å². The minimum atomic E-state index is -1.02. The number of benzene rings is 1. The van der Waals surface area contributed by atoms with E-state index >= 15 is 0 Å². The number of carboxylic acid groups (broad SMARTS) is 1. The smallest absolute Gasteiger partial charge is 0.304 e. The van der Waals surface area contributed by atoms with Gasteiger partial charge in [0.2, 0.25) is 0 Å². The van der Waals surface area contributed by atoms with Crippen molar-refractivity contribution in [3.8, 4) is 11.5 Å². The molecular formula is C12H13N3O4. The molecule has 1 heterocycles. The predicted octanol–water partition coefficient (Wildman–Crippen LogP) is 2.67. The predicted molar refractivity (Wildman–Crippen MR) is 66.2 cm³/mol. The lowest BCUT2D eigenvalue weighted by atomic mass is 10.0. The summed E-state index contributed by atoms with van der Waals surface area (Å²) >= 11 is 0. The third-order valence-electron chi connectivity index (χ3n) is 2.72. The number of aliphatic carboxylic acids is 1. The number of azide groups is 1. The van der Waals surface area contributed by atoms with Gasteiger partial charge in [-0.2, -0.15) is 0 Å². The normalized spacial score (nSPS) is 14.9. The fourth-order valence-electron chi connectivity index (χ4n) is 1.84. The molecule has 0 radical (unpaired) electrons. The minimum Gasteiger partial charge on any atom is -0.490 e. The first-order valence-electron chi connectivity index (χ1n) is 5.86. The van der Waals surface area contributed by atoms with Crippen LogP contribution in [0, 0.1) is 0 Å². The van der Waals surface area contributed by atoms with Gasteiger partial charge < -0.3 is 14.6 Å².